The first-order valence-electron chi connectivity index (χ1n) is 8.14. The Morgan fingerprint density at radius 3 is 2.17 bits per heavy atom. The Kier molecular flexibility index (Phi) is 7.97. The second kappa shape index (κ2) is 9.50. The summed E-state index contributed by atoms with van der Waals surface area (Å²) in [5.41, 5.74) is 3.50. The lowest BCUT2D eigenvalue weighted by atomic mass is 9.92. The highest BCUT2D eigenvalue weighted by Crippen LogP contribution is 2.40. The molecule has 0 saturated carbocycles. The summed E-state index contributed by atoms with van der Waals surface area (Å²) in [5, 5.41) is -0.119. The minimum Gasteiger partial charge on any atom is -0.118 e. The van der Waals surface area contributed by atoms with Crippen molar-refractivity contribution in [2.24, 2.45) is 0 Å². The monoisotopic (exact) mass is 418 g/mol. The molecule has 0 fully saturated rings. The molecule has 0 aliphatic rings. The Hall–Kier alpha value is -0.183. The molecule has 2 aromatic rings. The van der Waals surface area contributed by atoms with Crippen LogP contribution in [0.1, 0.15) is 35.4 Å². The Balaban J connectivity index is 1.96. The zero-order valence-electron chi connectivity index (χ0n) is 13.7. The summed E-state index contributed by atoms with van der Waals surface area (Å²) in [4.78, 5) is -0.479. The molecule has 0 heterocycles. The molecule has 0 spiro atoms. The van der Waals surface area contributed by atoms with Crippen LogP contribution in [0.25, 0.3) is 0 Å². The second-order valence-electron chi connectivity index (χ2n) is 6.26. The molecule has 0 radical (unpaired) electrons. The van der Waals surface area contributed by atoms with Crippen molar-refractivity contribution in [2.75, 3.05) is 0 Å². The van der Waals surface area contributed by atoms with Gasteiger partial charge in [0.15, 0.2) is 0 Å². The minimum absolute atomic E-state index is 0.119. The fourth-order valence-corrected chi connectivity index (χ4v) is 5.37. The quantitative estimate of drug-likeness (QED) is 0.342. The molecule has 0 amide bonds. The number of halogens is 4. The maximum absolute atomic E-state index is 6.73. The molecule has 24 heavy (non-hydrogen) atoms. The minimum atomic E-state index is -0.479. The molecular weight excluding hydrogens is 398 g/mol. The van der Waals surface area contributed by atoms with E-state index in [-0.39, 0.29) is 19.4 Å². The summed E-state index contributed by atoms with van der Waals surface area (Å²) in [6, 6.07) is 19.7. The van der Waals surface area contributed by atoms with Crippen LogP contribution in [0.5, 0.6) is 0 Å². The average molecular weight is 420 g/mol. The van der Waals surface area contributed by atoms with Crippen LogP contribution in [-0.2, 0) is 11.3 Å². The van der Waals surface area contributed by atoms with Gasteiger partial charge in [-0.1, -0.05) is 60.6 Å². The molecule has 0 aromatic heterocycles. The lowest BCUT2D eigenvalue weighted by Crippen LogP contribution is -2.16. The first kappa shape index (κ1) is 20.1. The Morgan fingerprint density at radius 2 is 1.58 bits per heavy atom. The predicted molar refractivity (Wildman–Crippen MR) is 112 cm³/mol. The van der Waals surface area contributed by atoms with Crippen LogP contribution in [0.4, 0.5) is 0 Å². The van der Waals surface area contributed by atoms with Crippen LogP contribution in [0.2, 0.25) is 6.04 Å². The summed E-state index contributed by atoms with van der Waals surface area (Å²) in [7, 11) is -0.389. The summed E-state index contributed by atoms with van der Waals surface area (Å²) in [6.45, 7) is 2.02. The predicted octanol–water partition coefficient (Wildman–Crippen LogP) is 6.40. The molecule has 2 unspecified atom stereocenters. The van der Waals surface area contributed by atoms with Crippen LogP contribution in [0, 0.1) is 0 Å². The van der Waals surface area contributed by atoms with E-state index in [0.717, 1.165) is 23.6 Å². The van der Waals surface area contributed by atoms with Crippen molar-refractivity contribution in [2.45, 2.75) is 40.5 Å². The van der Waals surface area contributed by atoms with Crippen molar-refractivity contribution in [3.63, 3.8) is 0 Å². The molecule has 2 aromatic carbocycles. The van der Waals surface area contributed by atoms with E-state index in [2.05, 4.69) is 24.3 Å². The Labute approximate surface area is 167 Å². The van der Waals surface area contributed by atoms with Gasteiger partial charge in [0, 0.05) is 0 Å². The van der Waals surface area contributed by atoms with Crippen molar-refractivity contribution in [1.29, 1.82) is 0 Å². The van der Waals surface area contributed by atoms with E-state index < -0.39 is 4.87 Å². The van der Waals surface area contributed by atoms with E-state index in [4.69, 9.17) is 46.4 Å². The first-order valence-corrected chi connectivity index (χ1v) is 11.6. The van der Waals surface area contributed by atoms with Crippen LogP contribution in [0.15, 0.2) is 54.6 Å². The SMILES string of the molecule is CC(Cl)(CC(Cl)c1ccc(CC[SiH2]C(Cl)Cl)cc1)c1ccccc1. The molecule has 0 aliphatic heterocycles. The van der Waals surface area contributed by atoms with Gasteiger partial charge in [-0.05, 0) is 36.5 Å². The van der Waals surface area contributed by atoms with E-state index in [0.29, 0.717) is 6.42 Å². The molecule has 2 rings (SSSR count). The van der Waals surface area contributed by atoms with Gasteiger partial charge in [-0.25, -0.2) is 0 Å². The lowest BCUT2D eigenvalue weighted by Gasteiger charge is -2.25. The van der Waals surface area contributed by atoms with Gasteiger partial charge in [0.05, 0.1) is 24.2 Å². The van der Waals surface area contributed by atoms with Gasteiger partial charge in [0.1, 0.15) is 0 Å². The molecule has 0 aliphatic carbocycles. The van der Waals surface area contributed by atoms with Gasteiger partial charge in [-0.3, -0.25) is 0 Å². The number of alkyl halides is 4. The van der Waals surface area contributed by atoms with Crippen LogP contribution in [0.3, 0.4) is 0 Å². The molecule has 0 nitrogen and oxygen atoms in total. The number of hydrogen-bond donors (Lipinski definition) is 0. The molecule has 130 valence electrons. The molecule has 0 bridgehead atoms. The Morgan fingerprint density at radius 1 is 0.958 bits per heavy atom. The Bertz CT molecular complexity index is 611. The molecule has 0 saturated heterocycles. The summed E-state index contributed by atoms with van der Waals surface area (Å²) in [5.74, 6) is 0. The highest BCUT2D eigenvalue weighted by atomic mass is 35.5. The van der Waals surface area contributed by atoms with Crippen molar-refractivity contribution in [3.8, 4) is 0 Å². The third-order valence-corrected chi connectivity index (χ3v) is 7.45. The normalized spacial score (nSPS) is 15.8. The van der Waals surface area contributed by atoms with E-state index in [1.807, 2.05) is 37.3 Å². The first-order chi connectivity index (χ1) is 11.4. The molecule has 5 heteroatoms. The van der Waals surface area contributed by atoms with Crippen LogP contribution >= 0.6 is 46.4 Å². The smallest absolute Gasteiger partial charge is 0.0908 e. The maximum Gasteiger partial charge on any atom is 0.0908 e. The summed E-state index contributed by atoms with van der Waals surface area (Å²) in [6.07, 6.45) is 1.71. The lowest BCUT2D eigenvalue weighted by molar-refractivity contribution is 0.596. The third-order valence-electron chi connectivity index (χ3n) is 4.17. The van der Waals surface area contributed by atoms with Crippen molar-refractivity contribution >= 4 is 55.9 Å². The fraction of sp³-hybridized carbons (Fsp3) is 0.368. The van der Waals surface area contributed by atoms with Crippen LogP contribution < -0.4 is 0 Å². The zero-order chi connectivity index (χ0) is 17.6. The number of aryl methyl sites for hydroxylation is 1. The van der Waals surface area contributed by atoms with Crippen molar-refractivity contribution in [1.82, 2.24) is 0 Å². The highest BCUT2D eigenvalue weighted by molar-refractivity contribution is 6.68. The number of benzene rings is 2. The second-order valence-corrected chi connectivity index (χ2v) is 12.0. The van der Waals surface area contributed by atoms with Gasteiger partial charge in [0.2, 0.25) is 0 Å². The number of hydrogen-bond acceptors (Lipinski definition) is 0. The van der Waals surface area contributed by atoms with Gasteiger partial charge < -0.3 is 0 Å². The maximum atomic E-state index is 6.73. The highest BCUT2D eigenvalue weighted by Gasteiger charge is 2.27. The van der Waals surface area contributed by atoms with Crippen molar-refractivity contribution in [3.05, 3.63) is 71.3 Å². The third kappa shape index (κ3) is 6.27. The topological polar surface area (TPSA) is 0 Å². The molecule has 2 atom stereocenters. The fourth-order valence-electron chi connectivity index (χ4n) is 2.71. The standard InChI is InChI=1S/C19H22Cl4Si/c1-19(23,16-5-3-2-4-6-16)13-17(20)15-9-7-14(8-10-15)11-12-24-18(21)22/h2-10,17-18H,11-13,24H2,1H3. The zero-order valence-corrected chi connectivity index (χ0v) is 18.1. The van der Waals surface area contributed by atoms with E-state index in [1.54, 1.807) is 0 Å². The molecule has 0 N–H and O–H groups in total. The summed E-state index contributed by atoms with van der Waals surface area (Å²) < 4.78 is -0.143. The average Bonchev–Trinajstić information content (AvgIpc) is 2.55. The van der Waals surface area contributed by atoms with Crippen molar-refractivity contribution < 1.29 is 0 Å². The van der Waals surface area contributed by atoms with E-state index in [1.165, 1.54) is 5.56 Å². The molecular formula is C19H22Cl4Si. The van der Waals surface area contributed by atoms with Gasteiger partial charge >= 0.3 is 0 Å². The van der Waals surface area contributed by atoms with Gasteiger partial charge in [0.25, 0.3) is 0 Å². The van der Waals surface area contributed by atoms with E-state index in [9.17, 15) is 0 Å². The number of rotatable bonds is 8. The summed E-state index contributed by atoms with van der Waals surface area (Å²) >= 11 is 25.0. The van der Waals surface area contributed by atoms with E-state index >= 15 is 0 Å². The van der Waals surface area contributed by atoms with Crippen LogP contribution in [-0.4, -0.2) is 14.0 Å². The van der Waals surface area contributed by atoms with Gasteiger partial charge in [-0.15, -0.1) is 46.4 Å². The van der Waals surface area contributed by atoms with Gasteiger partial charge in [-0.2, -0.15) is 0 Å². The largest absolute Gasteiger partial charge is 0.118 e.